The fourth-order valence-corrected chi connectivity index (χ4v) is 2.46. The van der Waals surface area contributed by atoms with Gasteiger partial charge in [0.2, 0.25) is 0 Å². The van der Waals surface area contributed by atoms with Gasteiger partial charge in [-0.1, -0.05) is 103 Å². The van der Waals surface area contributed by atoms with E-state index in [4.69, 9.17) is 4.84 Å². The molecule has 0 aliphatic rings. The van der Waals surface area contributed by atoms with E-state index in [0.717, 1.165) is 22.4 Å². The van der Waals surface area contributed by atoms with Gasteiger partial charge in [-0.3, -0.25) is 0 Å². The van der Waals surface area contributed by atoms with Gasteiger partial charge in [-0.2, -0.15) is 0 Å². The van der Waals surface area contributed by atoms with Crippen molar-refractivity contribution in [2.24, 2.45) is 5.16 Å². The number of oxime groups is 1. The van der Waals surface area contributed by atoms with Crippen molar-refractivity contribution in [2.75, 3.05) is 0 Å². The van der Waals surface area contributed by atoms with Crippen LogP contribution in [0.25, 0.3) is 0 Å². The minimum atomic E-state index is -0.284. The Morgan fingerprint density at radius 1 is 0.750 bits per heavy atom. The van der Waals surface area contributed by atoms with Crippen LogP contribution in [0.5, 0.6) is 0 Å². The molecule has 3 aromatic carbocycles. The summed E-state index contributed by atoms with van der Waals surface area (Å²) in [7, 11) is 0. The van der Waals surface area contributed by atoms with Gasteiger partial charge in [0, 0.05) is 11.1 Å². The summed E-state index contributed by atoms with van der Waals surface area (Å²) in [6.07, 6.45) is 1.47. The van der Waals surface area contributed by atoms with Crippen LogP contribution in [0, 0.1) is 0 Å². The second kappa shape index (κ2) is 7.93. The smallest absolute Gasteiger partial charge is 0.170 e. The fourth-order valence-electron chi connectivity index (χ4n) is 2.46. The van der Waals surface area contributed by atoms with Gasteiger partial charge in [-0.05, 0) is 11.6 Å². The van der Waals surface area contributed by atoms with Crippen LogP contribution in [-0.4, -0.2) is 5.71 Å². The SMILES string of the molecule is C=CC(ON=C(c1ccccc1)c1ccccc1)c1ccccc1. The summed E-state index contributed by atoms with van der Waals surface area (Å²) in [5.74, 6) is 0. The van der Waals surface area contributed by atoms with Crippen molar-refractivity contribution >= 4 is 5.71 Å². The molecule has 1 unspecified atom stereocenters. The highest BCUT2D eigenvalue weighted by Gasteiger charge is 2.11. The van der Waals surface area contributed by atoms with Crippen LogP contribution in [0.1, 0.15) is 22.8 Å². The summed E-state index contributed by atoms with van der Waals surface area (Å²) in [5.41, 5.74) is 3.86. The Kier molecular flexibility index (Phi) is 5.21. The van der Waals surface area contributed by atoms with Gasteiger partial charge in [0.25, 0.3) is 0 Å². The van der Waals surface area contributed by atoms with Gasteiger partial charge in [0.15, 0.2) is 6.10 Å². The predicted molar refractivity (Wildman–Crippen MR) is 99.0 cm³/mol. The third-order valence-electron chi connectivity index (χ3n) is 3.69. The number of nitrogens with zero attached hydrogens (tertiary/aromatic N) is 1. The first kappa shape index (κ1) is 15.8. The number of benzene rings is 3. The lowest BCUT2D eigenvalue weighted by atomic mass is 10.0. The molecule has 2 heteroatoms. The minimum absolute atomic E-state index is 0.284. The molecule has 0 radical (unpaired) electrons. The lowest BCUT2D eigenvalue weighted by Gasteiger charge is -2.13. The zero-order valence-electron chi connectivity index (χ0n) is 13.4. The average molecular weight is 313 g/mol. The Balaban J connectivity index is 1.94. The molecule has 0 saturated heterocycles. The van der Waals surface area contributed by atoms with Gasteiger partial charge in [-0.15, -0.1) is 0 Å². The van der Waals surface area contributed by atoms with Crippen molar-refractivity contribution in [3.8, 4) is 0 Å². The Hall–Kier alpha value is -3.13. The molecule has 3 aromatic rings. The highest BCUT2D eigenvalue weighted by molar-refractivity contribution is 6.12. The zero-order valence-corrected chi connectivity index (χ0v) is 13.4. The highest BCUT2D eigenvalue weighted by atomic mass is 16.6. The maximum Gasteiger partial charge on any atom is 0.170 e. The third-order valence-corrected chi connectivity index (χ3v) is 3.69. The fraction of sp³-hybridized carbons (Fsp3) is 0.0455. The molecule has 0 saturated carbocycles. The number of hydrogen-bond acceptors (Lipinski definition) is 2. The standard InChI is InChI=1S/C22H19NO/c1-2-21(18-12-6-3-7-13-18)24-23-22(19-14-8-4-9-15-19)20-16-10-5-11-17-20/h2-17,21H,1H2. The Labute approximate surface area is 142 Å². The van der Waals surface area contributed by atoms with E-state index in [1.54, 1.807) is 6.08 Å². The molecule has 2 nitrogen and oxygen atoms in total. The van der Waals surface area contributed by atoms with Crippen molar-refractivity contribution in [1.29, 1.82) is 0 Å². The van der Waals surface area contributed by atoms with E-state index in [2.05, 4.69) is 11.7 Å². The summed E-state index contributed by atoms with van der Waals surface area (Å²) >= 11 is 0. The van der Waals surface area contributed by atoms with Gasteiger partial charge in [0.05, 0.1) is 0 Å². The van der Waals surface area contributed by atoms with Crippen LogP contribution < -0.4 is 0 Å². The molecule has 0 aliphatic heterocycles. The molecule has 1 atom stereocenters. The zero-order chi connectivity index (χ0) is 16.6. The number of rotatable bonds is 6. The van der Waals surface area contributed by atoms with Gasteiger partial charge < -0.3 is 4.84 Å². The molecule has 0 aromatic heterocycles. The second-order valence-corrected chi connectivity index (χ2v) is 5.34. The molecule has 3 rings (SSSR count). The molecule has 118 valence electrons. The largest absolute Gasteiger partial charge is 0.383 e. The van der Waals surface area contributed by atoms with Crippen molar-refractivity contribution < 1.29 is 4.84 Å². The van der Waals surface area contributed by atoms with Crippen LogP contribution in [0.3, 0.4) is 0 Å². The minimum Gasteiger partial charge on any atom is -0.383 e. The van der Waals surface area contributed by atoms with Crippen LogP contribution in [0.4, 0.5) is 0 Å². The maximum atomic E-state index is 5.82. The first-order chi connectivity index (χ1) is 11.9. The molecular weight excluding hydrogens is 294 g/mol. The van der Waals surface area contributed by atoms with E-state index in [1.807, 2.05) is 91.0 Å². The van der Waals surface area contributed by atoms with Crippen LogP contribution >= 0.6 is 0 Å². The van der Waals surface area contributed by atoms with Crippen LogP contribution in [0.15, 0.2) is 109 Å². The molecule has 0 spiro atoms. The second-order valence-electron chi connectivity index (χ2n) is 5.34. The monoisotopic (exact) mass is 313 g/mol. The summed E-state index contributed by atoms with van der Waals surface area (Å²) in [5, 5.41) is 4.46. The molecule has 24 heavy (non-hydrogen) atoms. The molecule has 0 aliphatic carbocycles. The molecular formula is C22H19NO. The van der Waals surface area contributed by atoms with E-state index in [1.165, 1.54) is 0 Å². The van der Waals surface area contributed by atoms with Crippen LogP contribution in [0.2, 0.25) is 0 Å². The van der Waals surface area contributed by atoms with Crippen molar-refractivity contribution in [2.45, 2.75) is 6.10 Å². The topological polar surface area (TPSA) is 21.6 Å². The van der Waals surface area contributed by atoms with Crippen molar-refractivity contribution in [3.05, 3.63) is 120 Å². The first-order valence-corrected chi connectivity index (χ1v) is 7.90. The first-order valence-electron chi connectivity index (χ1n) is 7.90. The predicted octanol–water partition coefficient (Wildman–Crippen LogP) is 5.38. The molecule has 0 fully saturated rings. The normalized spacial score (nSPS) is 11.3. The lowest BCUT2D eigenvalue weighted by molar-refractivity contribution is 0.0934. The maximum absolute atomic E-state index is 5.82. The number of hydrogen-bond donors (Lipinski definition) is 0. The van der Waals surface area contributed by atoms with Crippen LogP contribution in [-0.2, 0) is 4.84 Å². The molecule has 0 amide bonds. The van der Waals surface area contributed by atoms with E-state index >= 15 is 0 Å². The van der Waals surface area contributed by atoms with E-state index < -0.39 is 0 Å². The van der Waals surface area contributed by atoms with Gasteiger partial charge in [-0.25, -0.2) is 0 Å². The molecule has 0 heterocycles. The lowest BCUT2D eigenvalue weighted by Crippen LogP contribution is -2.06. The summed E-state index contributed by atoms with van der Waals surface area (Å²) in [4.78, 5) is 5.82. The van der Waals surface area contributed by atoms with E-state index in [9.17, 15) is 0 Å². The summed E-state index contributed by atoms with van der Waals surface area (Å²) < 4.78 is 0. The van der Waals surface area contributed by atoms with Gasteiger partial charge in [0.1, 0.15) is 5.71 Å². The highest BCUT2D eigenvalue weighted by Crippen LogP contribution is 2.20. The Morgan fingerprint density at radius 2 is 1.21 bits per heavy atom. The van der Waals surface area contributed by atoms with E-state index in [0.29, 0.717) is 0 Å². The third kappa shape index (κ3) is 3.79. The van der Waals surface area contributed by atoms with E-state index in [-0.39, 0.29) is 6.10 Å². The molecule has 0 N–H and O–H groups in total. The van der Waals surface area contributed by atoms with Gasteiger partial charge >= 0.3 is 0 Å². The summed E-state index contributed by atoms with van der Waals surface area (Å²) in [6, 6.07) is 30.0. The average Bonchev–Trinajstić information content (AvgIpc) is 2.67. The Bertz CT molecular complexity index is 754. The summed E-state index contributed by atoms with van der Waals surface area (Å²) in [6.45, 7) is 3.87. The van der Waals surface area contributed by atoms with Crippen molar-refractivity contribution in [3.63, 3.8) is 0 Å². The Morgan fingerprint density at radius 3 is 1.67 bits per heavy atom. The molecule has 0 bridgehead atoms. The van der Waals surface area contributed by atoms with Crippen molar-refractivity contribution in [1.82, 2.24) is 0 Å². The quantitative estimate of drug-likeness (QED) is 0.340.